The second kappa shape index (κ2) is 9.09. The second-order valence-corrected chi connectivity index (χ2v) is 9.08. The zero-order chi connectivity index (χ0) is 21.1. The van der Waals surface area contributed by atoms with Gasteiger partial charge in [0.05, 0.1) is 17.7 Å². The van der Waals surface area contributed by atoms with Gasteiger partial charge in [-0.1, -0.05) is 50.1 Å². The number of benzene rings is 2. The van der Waals surface area contributed by atoms with Gasteiger partial charge in [0.15, 0.2) is 5.17 Å². The molecule has 2 fully saturated rings. The molecule has 0 aromatic heterocycles. The van der Waals surface area contributed by atoms with Crippen molar-refractivity contribution in [2.24, 2.45) is 10.9 Å². The van der Waals surface area contributed by atoms with Crippen LogP contribution in [0.1, 0.15) is 43.7 Å². The quantitative estimate of drug-likeness (QED) is 0.554. The summed E-state index contributed by atoms with van der Waals surface area (Å²) < 4.78 is 5.45. The molecule has 1 saturated carbocycles. The maximum absolute atomic E-state index is 13.5. The molecule has 2 atom stereocenters. The van der Waals surface area contributed by atoms with Gasteiger partial charge >= 0.3 is 0 Å². The Morgan fingerprint density at radius 1 is 1.13 bits per heavy atom. The lowest BCUT2D eigenvalue weighted by Crippen LogP contribution is -2.44. The smallest absolute Gasteiger partial charge is 0.267 e. The molecule has 5 heteroatoms. The molecule has 0 unspecified atom stereocenters. The molecule has 1 amide bonds. The lowest BCUT2D eigenvalue weighted by atomic mass is 9.85. The van der Waals surface area contributed by atoms with E-state index in [1.54, 1.807) is 7.11 Å². The number of hydrogen-bond donors (Lipinski definition) is 0. The first-order valence-electron chi connectivity index (χ1n) is 10.6. The molecule has 0 spiro atoms. The molecule has 0 N–H and O–H groups in total. The highest BCUT2D eigenvalue weighted by molar-refractivity contribution is 8.18. The van der Waals surface area contributed by atoms with Crippen molar-refractivity contribution in [3.05, 3.63) is 64.6 Å². The van der Waals surface area contributed by atoms with E-state index in [-0.39, 0.29) is 11.9 Å². The predicted molar refractivity (Wildman–Crippen MR) is 125 cm³/mol. The normalized spacial score (nSPS) is 24.6. The number of methoxy groups -OCH3 is 1. The van der Waals surface area contributed by atoms with Gasteiger partial charge in [-0.3, -0.25) is 9.69 Å². The van der Waals surface area contributed by atoms with Crippen LogP contribution in [0, 0.1) is 12.8 Å². The van der Waals surface area contributed by atoms with Gasteiger partial charge in [0.2, 0.25) is 0 Å². The number of nitrogens with zero attached hydrogens (tertiary/aromatic N) is 2. The molecule has 1 aliphatic heterocycles. The highest BCUT2D eigenvalue weighted by Crippen LogP contribution is 2.40. The van der Waals surface area contributed by atoms with Crippen molar-refractivity contribution < 1.29 is 9.53 Å². The minimum Gasteiger partial charge on any atom is -0.496 e. The monoisotopic (exact) mass is 420 g/mol. The van der Waals surface area contributed by atoms with E-state index in [1.807, 2.05) is 66.4 Å². The number of amides is 1. The lowest BCUT2D eigenvalue weighted by Gasteiger charge is -2.35. The molecule has 4 nitrogen and oxygen atoms in total. The minimum absolute atomic E-state index is 0.0629. The van der Waals surface area contributed by atoms with Crippen molar-refractivity contribution in [2.75, 3.05) is 7.11 Å². The van der Waals surface area contributed by atoms with E-state index in [0.29, 0.717) is 10.8 Å². The molecule has 1 aliphatic carbocycles. The molecule has 156 valence electrons. The lowest BCUT2D eigenvalue weighted by molar-refractivity contribution is -0.124. The van der Waals surface area contributed by atoms with Crippen LogP contribution in [0.4, 0.5) is 5.69 Å². The molecule has 1 heterocycles. The van der Waals surface area contributed by atoms with E-state index >= 15 is 0 Å². The summed E-state index contributed by atoms with van der Waals surface area (Å²) in [7, 11) is 1.67. The zero-order valence-electron chi connectivity index (χ0n) is 17.8. The van der Waals surface area contributed by atoms with Crippen molar-refractivity contribution >= 4 is 34.6 Å². The van der Waals surface area contributed by atoms with Crippen LogP contribution in [0.15, 0.2) is 58.4 Å². The molecule has 30 heavy (non-hydrogen) atoms. The predicted octanol–water partition coefficient (Wildman–Crippen LogP) is 6.19. The number of rotatable bonds is 4. The van der Waals surface area contributed by atoms with Crippen LogP contribution in [0.25, 0.3) is 6.08 Å². The third kappa shape index (κ3) is 4.31. The van der Waals surface area contributed by atoms with E-state index in [2.05, 4.69) is 6.92 Å². The van der Waals surface area contributed by atoms with Crippen LogP contribution < -0.4 is 4.74 Å². The fourth-order valence-corrected chi connectivity index (χ4v) is 5.27. The van der Waals surface area contributed by atoms with Crippen molar-refractivity contribution in [3.8, 4) is 5.75 Å². The maximum Gasteiger partial charge on any atom is 0.267 e. The standard InChI is InChI=1S/C25H28N2O2S/c1-17-9-7-8-12-21(17)27-24(28)23(16-19-14-13-18(2)22(15-19)29-3)30-25(27)26-20-10-5-4-6-11-20/h4-6,10-11,13-17,21H,7-9,12H2,1-3H3/b23-16-,26-25?/t17-,21-/m0/s1. The van der Waals surface area contributed by atoms with Crippen molar-refractivity contribution in [3.63, 3.8) is 0 Å². The maximum atomic E-state index is 13.5. The first-order valence-corrected chi connectivity index (χ1v) is 11.4. The van der Waals surface area contributed by atoms with Crippen LogP contribution >= 0.6 is 11.8 Å². The van der Waals surface area contributed by atoms with Crippen LogP contribution in [-0.4, -0.2) is 29.1 Å². The third-order valence-corrected chi connectivity index (χ3v) is 6.93. The number of para-hydroxylation sites is 1. The fourth-order valence-electron chi connectivity index (χ4n) is 4.23. The molecule has 1 saturated heterocycles. The minimum atomic E-state index is 0.0629. The molecule has 2 aliphatic rings. The van der Waals surface area contributed by atoms with Crippen LogP contribution in [0.2, 0.25) is 0 Å². The Morgan fingerprint density at radius 2 is 1.90 bits per heavy atom. The average Bonchev–Trinajstić information content (AvgIpc) is 3.05. The summed E-state index contributed by atoms with van der Waals surface area (Å²) >= 11 is 1.48. The van der Waals surface area contributed by atoms with Crippen LogP contribution in [0.3, 0.4) is 0 Å². The van der Waals surface area contributed by atoms with Crippen molar-refractivity contribution in [1.29, 1.82) is 0 Å². The highest BCUT2D eigenvalue weighted by atomic mass is 32.2. The van der Waals surface area contributed by atoms with Gasteiger partial charge in [0, 0.05) is 6.04 Å². The molecule has 2 aromatic carbocycles. The van der Waals surface area contributed by atoms with E-state index in [4.69, 9.17) is 9.73 Å². The molecular formula is C25H28N2O2S. The van der Waals surface area contributed by atoms with Gasteiger partial charge in [0.25, 0.3) is 5.91 Å². The summed E-state index contributed by atoms with van der Waals surface area (Å²) in [6.07, 6.45) is 6.56. The largest absolute Gasteiger partial charge is 0.496 e. The van der Waals surface area contributed by atoms with Gasteiger partial charge in [-0.25, -0.2) is 4.99 Å². The van der Waals surface area contributed by atoms with Gasteiger partial charge in [0.1, 0.15) is 5.75 Å². The topological polar surface area (TPSA) is 41.9 Å². The molecule has 2 aromatic rings. The van der Waals surface area contributed by atoms with E-state index in [0.717, 1.165) is 47.0 Å². The SMILES string of the molecule is COc1cc(/C=C2\SC(=Nc3ccccc3)N([C@H]3CCCC[C@@H]3C)C2=O)ccc1C. The summed E-state index contributed by atoms with van der Waals surface area (Å²) in [5.41, 5.74) is 2.92. The highest BCUT2D eigenvalue weighted by Gasteiger charge is 2.41. The van der Waals surface area contributed by atoms with Gasteiger partial charge < -0.3 is 4.74 Å². The van der Waals surface area contributed by atoms with E-state index < -0.39 is 0 Å². The Morgan fingerprint density at radius 3 is 2.63 bits per heavy atom. The number of ether oxygens (including phenoxy) is 1. The number of carbonyl (C=O) groups excluding carboxylic acids is 1. The van der Waals surface area contributed by atoms with Crippen molar-refractivity contribution in [2.45, 2.75) is 45.6 Å². The summed E-state index contributed by atoms with van der Waals surface area (Å²) in [6, 6.07) is 16.1. The second-order valence-electron chi connectivity index (χ2n) is 8.07. The Kier molecular flexibility index (Phi) is 6.28. The number of carbonyl (C=O) groups is 1. The van der Waals surface area contributed by atoms with Crippen LogP contribution in [-0.2, 0) is 4.79 Å². The molecule has 0 radical (unpaired) electrons. The van der Waals surface area contributed by atoms with Gasteiger partial charge in [-0.2, -0.15) is 0 Å². The number of hydrogen-bond acceptors (Lipinski definition) is 4. The zero-order valence-corrected chi connectivity index (χ0v) is 18.6. The number of aliphatic imine (C=N–C) groups is 1. The summed E-state index contributed by atoms with van der Waals surface area (Å²) in [6.45, 7) is 4.27. The first kappa shape index (κ1) is 20.7. The molecular weight excluding hydrogens is 392 g/mol. The Hall–Kier alpha value is -2.53. The molecule has 4 rings (SSSR count). The van der Waals surface area contributed by atoms with Crippen molar-refractivity contribution in [1.82, 2.24) is 4.90 Å². The Bertz CT molecular complexity index is 984. The summed E-state index contributed by atoms with van der Waals surface area (Å²) in [4.78, 5) is 21.0. The Labute approximate surface area is 183 Å². The number of aryl methyl sites for hydroxylation is 1. The first-order chi connectivity index (χ1) is 14.6. The van der Waals surface area contributed by atoms with Gasteiger partial charge in [-0.15, -0.1) is 0 Å². The average molecular weight is 421 g/mol. The van der Waals surface area contributed by atoms with E-state index in [1.165, 1.54) is 18.2 Å². The van der Waals surface area contributed by atoms with Gasteiger partial charge in [-0.05, 0) is 72.8 Å². The number of amidine groups is 1. The van der Waals surface area contributed by atoms with E-state index in [9.17, 15) is 4.79 Å². The summed E-state index contributed by atoms with van der Waals surface area (Å²) in [5.74, 6) is 1.37. The summed E-state index contributed by atoms with van der Waals surface area (Å²) in [5, 5.41) is 0.787. The third-order valence-electron chi connectivity index (χ3n) is 5.95. The number of thioether (sulfide) groups is 1. The Balaban J connectivity index is 1.72. The fraction of sp³-hybridized carbons (Fsp3) is 0.360. The van der Waals surface area contributed by atoms with Crippen LogP contribution in [0.5, 0.6) is 5.75 Å². The molecule has 0 bridgehead atoms.